The lowest BCUT2D eigenvalue weighted by Crippen LogP contribution is -2.35. The zero-order valence-corrected chi connectivity index (χ0v) is 13.4. The minimum Gasteiger partial charge on any atom is -0.346 e. The summed E-state index contributed by atoms with van der Waals surface area (Å²) in [5.74, 6) is -0.585. The van der Waals surface area contributed by atoms with Gasteiger partial charge in [-0.3, -0.25) is 4.79 Å². The largest absolute Gasteiger partial charge is 0.346 e. The molecule has 0 unspecified atom stereocenters. The molecule has 2 aromatic rings. The molecule has 1 fully saturated rings. The molecule has 22 heavy (non-hydrogen) atoms. The van der Waals surface area contributed by atoms with Crippen molar-refractivity contribution in [1.82, 2.24) is 9.88 Å². The number of amides is 1. The number of carbonyl (C=O) groups is 1. The van der Waals surface area contributed by atoms with Crippen molar-refractivity contribution in [3.05, 3.63) is 46.2 Å². The molecular weight excluding hydrogens is 325 g/mol. The van der Waals surface area contributed by atoms with Crippen LogP contribution in [0.25, 0.3) is 0 Å². The van der Waals surface area contributed by atoms with Crippen LogP contribution in [0, 0.1) is 5.82 Å². The second-order valence-electron chi connectivity index (χ2n) is 5.07. The zero-order chi connectivity index (χ0) is 15.5. The highest BCUT2D eigenvalue weighted by Crippen LogP contribution is 2.22. The minimum atomic E-state index is -0.438. The molecule has 0 radical (unpaired) electrons. The summed E-state index contributed by atoms with van der Waals surface area (Å²) in [6, 6.07) is 3.89. The standard InChI is InChI=1S/C15H15ClFN3OS/c16-13-10-11(17)2-3-12(13)14(21)19-5-1-6-20(8-7-19)15-18-4-9-22-15/h2-4,9-10H,1,5-8H2. The number of hydrogen-bond acceptors (Lipinski definition) is 4. The second-order valence-corrected chi connectivity index (χ2v) is 6.35. The fourth-order valence-corrected chi connectivity index (χ4v) is 3.46. The van der Waals surface area contributed by atoms with E-state index in [1.165, 1.54) is 18.2 Å². The number of benzene rings is 1. The van der Waals surface area contributed by atoms with E-state index in [0.717, 1.165) is 24.6 Å². The fraction of sp³-hybridized carbons (Fsp3) is 0.333. The fourth-order valence-electron chi connectivity index (χ4n) is 2.52. The first-order valence-corrected chi connectivity index (χ1v) is 8.29. The van der Waals surface area contributed by atoms with Crippen molar-refractivity contribution in [2.75, 3.05) is 31.1 Å². The molecular formula is C15H15ClFN3OS. The molecule has 3 rings (SSSR count). The lowest BCUT2D eigenvalue weighted by atomic mass is 10.2. The maximum absolute atomic E-state index is 13.1. The summed E-state index contributed by atoms with van der Waals surface area (Å²) >= 11 is 7.59. The minimum absolute atomic E-state index is 0.147. The molecule has 1 saturated heterocycles. The van der Waals surface area contributed by atoms with Crippen molar-refractivity contribution in [3.8, 4) is 0 Å². The molecule has 4 nitrogen and oxygen atoms in total. The molecule has 1 amide bonds. The Morgan fingerprint density at radius 1 is 1.27 bits per heavy atom. The van der Waals surface area contributed by atoms with Gasteiger partial charge in [0, 0.05) is 37.8 Å². The summed E-state index contributed by atoms with van der Waals surface area (Å²) < 4.78 is 13.1. The van der Waals surface area contributed by atoms with Crippen molar-refractivity contribution < 1.29 is 9.18 Å². The number of halogens is 2. The summed E-state index contributed by atoms with van der Waals surface area (Å²) in [7, 11) is 0. The van der Waals surface area contributed by atoms with E-state index in [1.54, 1.807) is 22.4 Å². The Morgan fingerprint density at radius 3 is 2.86 bits per heavy atom. The number of rotatable bonds is 2. The van der Waals surface area contributed by atoms with Crippen molar-refractivity contribution in [2.24, 2.45) is 0 Å². The van der Waals surface area contributed by atoms with Crippen LogP contribution < -0.4 is 4.90 Å². The van der Waals surface area contributed by atoms with Crippen LogP contribution in [-0.2, 0) is 0 Å². The maximum Gasteiger partial charge on any atom is 0.255 e. The van der Waals surface area contributed by atoms with Crippen LogP contribution in [0.4, 0.5) is 9.52 Å². The van der Waals surface area contributed by atoms with E-state index in [2.05, 4.69) is 9.88 Å². The van der Waals surface area contributed by atoms with Crippen molar-refractivity contribution in [3.63, 3.8) is 0 Å². The molecule has 116 valence electrons. The molecule has 1 aliphatic heterocycles. The number of hydrogen-bond donors (Lipinski definition) is 0. The van der Waals surface area contributed by atoms with Gasteiger partial charge in [-0.25, -0.2) is 9.37 Å². The van der Waals surface area contributed by atoms with Crippen LogP contribution in [-0.4, -0.2) is 42.0 Å². The lowest BCUT2D eigenvalue weighted by Gasteiger charge is -2.22. The van der Waals surface area contributed by atoms with Gasteiger partial charge in [-0.05, 0) is 24.6 Å². The third-order valence-electron chi connectivity index (χ3n) is 3.63. The van der Waals surface area contributed by atoms with Crippen LogP contribution in [0.15, 0.2) is 29.8 Å². The van der Waals surface area contributed by atoms with E-state index >= 15 is 0 Å². The Morgan fingerprint density at radius 2 is 2.14 bits per heavy atom. The monoisotopic (exact) mass is 339 g/mol. The van der Waals surface area contributed by atoms with Gasteiger partial charge in [0.1, 0.15) is 5.82 Å². The maximum atomic E-state index is 13.1. The van der Waals surface area contributed by atoms with Crippen molar-refractivity contribution in [2.45, 2.75) is 6.42 Å². The van der Waals surface area contributed by atoms with Crippen LogP contribution >= 0.6 is 22.9 Å². The Hall–Kier alpha value is -1.66. The molecule has 0 aliphatic carbocycles. The Bertz CT molecular complexity index is 665. The zero-order valence-electron chi connectivity index (χ0n) is 11.8. The quantitative estimate of drug-likeness (QED) is 0.842. The summed E-state index contributed by atoms with van der Waals surface area (Å²) in [6.07, 6.45) is 2.65. The third-order valence-corrected chi connectivity index (χ3v) is 4.78. The lowest BCUT2D eigenvalue weighted by molar-refractivity contribution is 0.0767. The highest BCUT2D eigenvalue weighted by atomic mass is 35.5. The normalized spacial score (nSPS) is 15.7. The van der Waals surface area contributed by atoms with Crippen LogP contribution in [0.1, 0.15) is 16.8 Å². The molecule has 1 aromatic heterocycles. The number of nitrogens with zero attached hydrogens (tertiary/aromatic N) is 3. The molecule has 0 saturated carbocycles. The predicted molar refractivity (Wildman–Crippen MR) is 86.3 cm³/mol. The average Bonchev–Trinajstić information content (AvgIpc) is 2.91. The van der Waals surface area contributed by atoms with Gasteiger partial charge in [0.2, 0.25) is 0 Å². The van der Waals surface area contributed by atoms with Crippen LogP contribution in [0.2, 0.25) is 5.02 Å². The molecule has 2 heterocycles. The topological polar surface area (TPSA) is 36.4 Å². The second kappa shape index (κ2) is 6.62. The van der Waals surface area contributed by atoms with Gasteiger partial charge >= 0.3 is 0 Å². The van der Waals surface area contributed by atoms with E-state index in [4.69, 9.17) is 11.6 Å². The molecule has 1 aliphatic rings. The van der Waals surface area contributed by atoms with Gasteiger partial charge in [-0.15, -0.1) is 11.3 Å². The molecule has 0 spiro atoms. The Balaban J connectivity index is 1.71. The number of aromatic nitrogens is 1. The van der Waals surface area contributed by atoms with Gasteiger partial charge in [-0.1, -0.05) is 11.6 Å². The first kappa shape index (κ1) is 15.2. The van der Waals surface area contributed by atoms with E-state index in [-0.39, 0.29) is 10.9 Å². The van der Waals surface area contributed by atoms with Gasteiger partial charge in [0.25, 0.3) is 5.91 Å². The summed E-state index contributed by atoms with van der Waals surface area (Å²) in [5, 5.41) is 3.08. The number of carbonyl (C=O) groups excluding carboxylic acids is 1. The summed E-state index contributed by atoms with van der Waals surface area (Å²) in [5.41, 5.74) is 0.353. The van der Waals surface area contributed by atoms with Crippen LogP contribution in [0.5, 0.6) is 0 Å². The highest BCUT2D eigenvalue weighted by molar-refractivity contribution is 7.13. The van der Waals surface area contributed by atoms with Crippen molar-refractivity contribution in [1.29, 1.82) is 0 Å². The van der Waals surface area contributed by atoms with Crippen LogP contribution in [0.3, 0.4) is 0 Å². The van der Waals surface area contributed by atoms with Gasteiger partial charge in [0.05, 0.1) is 10.6 Å². The molecule has 0 atom stereocenters. The molecule has 0 N–H and O–H groups in total. The van der Waals surface area contributed by atoms with E-state index in [0.29, 0.717) is 18.7 Å². The first-order valence-electron chi connectivity index (χ1n) is 7.04. The molecule has 7 heteroatoms. The van der Waals surface area contributed by atoms with Crippen molar-refractivity contribution >= 4 is 34.0 Å². The summed E-state index contributed by atoms with van der Waals surface area (Å²) in [4.78, 5) is 20.8. The van der Waals surface area contributed by atoms with E-state index in [9.17, 15) is 9.18 Å². The van der Waals surface area contributed by atoms with Gasteiger partial charge in [-0.2, -0.15) is 0 Å². The molecule has 0 bridgehead atoms. The SMILES string of the molecule is O=C(c1ccc(F)cc1Cl)N1CCCN(c2nccs2)CC1. The van der Waals surface area contributed by atoms with E-state index < -0.39 is 5.82 Å². The highest BCUT2D eigenvalue weighted by Gasteiger charge is 2.22. The third kappa shape index (κ3) is 3.23. The molecule has 1 aromatic carbocycles. The number of thiazole rings is 1. The Kier molecular flexibility index (Phi) is 4.59. The Labute approximate surface area is 137 Å². The number of anilines is 1. The average molecular weight is 340 g/mol. The predicted octanol–water partition coefficient (Wildman–Crippen LogP) is 3.29. The van der Waals surface area contributed by atoms with E-state index in [1.807, 2.05) is 5.38 Å². The smallest absolute Gasteiger partial charge is 0.255 e. The first-order chi connectivity index (χ1) is 10.6. The van der Waals surface area contributed by atoms with Gasteiger partial charge in [0.15, 0.2) is 5.13 Å². The van der Waals surface area contributed by atoms with Gasteiger partial charge < -0.3 is 9.80 Å². The summed E-state index contributed by atoms with van der Waals surface area (Å²) in [6.45, 7) is 2.87.